The van der Waals surface area contributed by atoms with Crippen LogP contribution in [0.2, 0.25) is 0 Å². The molecule has 0 fully saturated rings. The third kappa shape index (κ3) is 5.38. The summed E-state index contributed by atoms with van der Waals surface area (Å²) in [5.74, 6) is -1.32. The van der Waals surface area contributed by atoms with Crippen molar-refractivity contribution >= 4 is 38.9 Å². The number of hydrogen-bond donors (Lipinski definition) is 1. The first kappa shape index (κ1) is 25.3. The third-order valence-corrected chi connectivity index (χ3v) is 7.99. The molecule has 186 valence electrons. The molecule has 1 N–H and O–H groups in total. The number of anilines is 1. The highest BCUT2D eigenvalue weighted by Crippen LogP contribution is 2.26. The standard InChI is InChI=1S/C25H24N4O5S2/c1-17-11-12-19(36(32,33)28(2)3)14-20(17)26-24(30)16-34-25(31)22-15-21(23-10-7-13-35-23)27-29(22)18-8-5-4-6-9-18/h4-15H,16H2,1-3H3,(H,26,30). The summed E-state index contributed by atoms with van der Waals surface area (Å²) in [4.78, 5) is 26.5. The number of aryl methyl sites for hydroxylation is 1. The maximum atomic E-state index is 13.0. The molecule has 9 nitrogen and oxygen atoms in total. The summed E-state index contributed by atoms with van der Waals surface area (Å²) in [5.41, 5.74) is 2.43. The van der Waals surface area contributed by atoms with Crippen LogP contribution in [0, 0.1) is 6.92 Å². The van der Waals surface area contributed by atoms with Gasteiger partial charge < -0.3 is 10.1 Å². The molecular weight excluding hydrogens is 500 g/mol. The van der Waals surface area contributed by atoms with Crippen LogP contribution in [0.15, 0.2) is 77.0 Å². The zero-order valence-electron chi connectivity index (χ0n) is 19.8. The molecule has 0 spiro atoms. The van der Waals surface area contributed by atoms with Crippen molar-refractivity contribution in [2.45, 2.75) is 11.8 Å². The Balaban J connectivity index is 1.51. The first-order valence-corrected chi connectivity index (χ1v) is 13.2. The van der Waals surface area contributed by atoms with Gasteiger partial charge in [-0.05, 0) is 48.2 Å². The molecule has 0 unspecified atom stereocenters. The van der Waals surface area contributed by atoms with E-state index in [1.54, 1.807) is 19.1 Å². The van der Waals surface area contributed by atoms with Gasteiger partial charge in [-0.3, -0.25) is 4.79 Å². The van der Waals surface area contributed by atoms with Crippen LogP contribution in [-0.4, -0.2) is 55.1 Å². The minimum absolute atomic E-state index is 0.0401. The van der Waals surface area contributed by atoms with Gasteiger partial charge in [0.2, 0.25) is 10.0 Å². The molecule has 0 atom stereocenters. The number of carbonyl (C=O) groups is 2. The first-order valence-electron chi connectivity index (χ1n) is 10.9. The predicted octanol–water partition coefficient (Wildman–Crippen LogP) is 3.96. The van der Waals surface area contributed by atoms with Gasteiger partial charge in [0.15, 0.2) is 12.3 Å². The minimum atomic E-state index is -3.67. The Hall–Kier alpha value is -3.80. The van der Waals surface area contributed by atoms with Crippen LogP contribution in [-0.2, 0) is 19.6 Å². The number of thiophene rings is 1. The second-order valence-electron chi connectivity index (χ2n) is 8.03. The average molecular weight is 525 g/mol. The van der Waals surface area contributed by atoms with Crippen molar-refractivity contribution in [1.29, 1.82) is 0 Å². The number of esters is 1. The van der Waals surface area contributed by atoms with Gasteiger partial charge in [0.05, 0.1) is 15.5 Å². The lowest BCUT2D eigenvalue weighted by Gasteiger charge is -2.14. The van der Waals surface area contributed by atoms with E-state index < -0.39 is 28.5 Å². The van der Waals surface area contributed by atoms with Gasteiger partial charge in [-0.15, -0.1) is 11.3 Å². The number of sulfonamides is 1. The van der Waals surface area contributed by atoms with E-state index in [-0.39, 0.29) is 10.6 Å². The lowest BCUT2D eigenvalue weighted by atomic mass is 10.2. The fraction of sp³-hybridized carbons (Fsp3) is 0.160. The van der Waals surface area contributed by atoms with E-state index in [9.17, 15) is 18.0 Å². The van der Waals surface area contributed by atoms with Crippen LogP contribution >= 0.6 is 11.3 Å². The molecule has 1 amide bonds. The Morgan fingerprint density at radius 1 is 1.06 bits per heavy atom. The third-order valence-electron chi connectivity index (χ3n) is 5.29. The summed E-state index contributed by atoms with van der Waals surface area (Å²) in [7, 11) is -0.818. The number of nitrogens with zero attached hydrogens (tertiary/aromatic N) is 3. The zero-order chi connectivity index (χ0) is 25.9. The largest absolute Gasteiger partial charge is 0.451 e. The number of hydrogen-bond acceptors (Lipinski definition) is 7. The SMILES string of the molecule is Cc1ccc(S(=O)(=O)N(C)C)cc1NC(=O)COC(=O)c1cc(-c2cccs2)nn1-c1ccccc1. The van der Waals surface area contributed by atoms with Crippen molar-refractivity contribution in [2.75, 3.05) is 26.0 Å². The lowest BCUT2D eigenvalue weighted by molar-refractivity contribution is -0.119. The predicted molar refractivity (Wildman–Crippen MR) is 138 cm³/mol. The van der Waals surface area contributed by atoms with Crippen molar-refractivity contribution in [3.05, 3.63) is 83.4 Å². The second-order valence-corrected chi connectivity index (χ2v) is 11.1. The fourth-order valence-electron chi connectivity index (χ4n) is 3.34. The minimum Gasteiger partial charge on any atom is -0.451 e. The van der Waals surface area contributed by atoms with Gasteiger partial charge in [-0.1, -0.05) is 30.3 Å². The maximum absolute atomic E-state index is 13.0. The quantitative estimate of drug-likeness (QED) is 0.350. The van der Waals surface area contributed by atoms with Crippen LogP contribution in [0.3, 0.4) is 0 Å². The van der Waals surface area contributed by atoms with Gasteiger partial charge >= 0.3 is 5.97 Å². The van der Waals surface area contributed by atoms with Crippen molar-refractivity contribution < 1.29 is 22.7 Å². The fourth-order valence-corrected chi connectivity index (χ4v) is 4.95. The molecule has 11 heteroatoms. The molecule has 0 radical (unpaired) electrons. The van der Waals surface area contributed by atoms with E-state index in [0.717, 1.165) is 9.18 Å². The van der Waals surface area contributed by atoms with E-state index in [1.165, 1.54) is 42.2 Å². The van der Waals surface area contributed by atoms with E-state index in [0.29, 0.717) is 22.6 Å². The van der Waals surface area contributed by atoms with Crippen molar-refractivity contribution in [1.82, 2.24) is 14.1 Å². The Morgan fingerprint density at radius 3 is 2.47 bits per heavy atom. The molecule has 0 aliphatic heterocycles. The summed E-state index contributed by atoms with van der Waals surface area (Å²) < 4.78 is 32.7. The second kappa shape index (κ2) is 10.4. The number of ether oxygens (including phenoxy) is 1. The number of benzene rings is 2. The first-order chi connectivity index (χ1) is 17.2. The van der Waals surface area contributed by atoms with Crippen molar-refractivity contribution in [3.63, 3.8) is 0 Å². The number of amides is 1. The average Bonchev–Trinajstić information content (AvgIpc) is 3.54. The lowest BCUT2D eigenvalue weighted by Crippen LogP contribution is -2.24. The Kier molecular flexibility index (Phi) is 7.34. The zero-order valence-corrected chi connectivity index (χ0v) is 21.5. The molecule has 0 saturated heterocycles. The summed E-state index contributed by atoms with van der Waals surface area (Å²) >= 11 is 1.49. The van der Waals surface area contributed by atoms with Gasteiger partial charge in [0.25, 0.3) is 5.91 Å². The highest BCUT2D eigenvalue weighted by atomic mass is 32.2. The molecule has 2 aromatic heterocycles. The van der Waals surface area contributed by atoms with Crippen LogP contribution in [0.1, 0.15) is 16.1 Å². The molecule has 2 heterocycles. The number of aromatic nitrogens is 2. The number of para-hydroxylation sites is 1. The van der Waals surface area contributed by atoms with Crippen molar-refractivity contribution in [2.24, 2.45) is 0 Å². The number of nitrogens with one attached hydrogen (secondary N) is 1. The Labute approximate surface area is 213 Å². The van der Waals surface area contributed by atoms with E-state index in [4.69, 9.17) is 4.74 Å². The van der Waals surface area contributed by atoms with Gasteiger partial charge in [-0.2, -0.15) is 5.10 Å². The highest BCUT2D eigenvalue weighted by molar-refractivity contribution is 7.89. The summed E-state index contributed by atoms with van der Waals surface area (Å²) in [6.45, 7) is 1.18. The van der Waals surface area contributed by atoms with Gasteiger partial charge in [0, 0.05) is 25.8 Å². The van der Waals surface area contributed by atoms with Crippen LogP contribution in [0.25, 0.3) is 16.3 Å². The molecule has 0 bridgehead atoms. The van der Waals surface area contributed by atoms with E-state index >= 15 is 0 Å². The topological polar surface area (TPSA) is 111 Å². The maximum Gasteiger partial charge on any atom is 0.357 e. The van der Waals surface area contributed by atoms with Gasteiger partial charge in [0.1, 0.15) is 5.69 Å². The Morgan fingerprint density at radius 2 is 1.81 bits per heavy atom. The summed E-state index contributed by atoms with van der Waals surface area (Å²) in [5, 5.41) is 9.10. The number of carbonyl (C=O) groups excluding carboxylic acids is 2. The van der Waals surface area contributed by atoms with Crippen LogP contribution < -0.4 is 5.32 Å². The molecule has 0 aliphatic carbocycles. The molecule has 0 aliphatic rings. The highest BCUT2D eigenvalue weighted by Gasteiger charge is 2.22. The molecule has 4 aromatic rings. The van der Waals surface area contributed by atoms with Crippen molar-refractivity contribution in [3.8, 4) is 16.3 Å². The molecule has 36 heavy (non-hydrogen) atoms. The van der Waals surface area contributed by atoms with Crippen LogP contribution in [0.5, 0.6) is 0 Å². The van der Waals surface area contributed by atoms with Crippen LogP contribution in [0.4, 0.5) is 5.69 Å². The summed E-state index contributed by atoms with van der Waals surface area (Å²) in [6.07, 6.45) is 0. The monoisotopic (exact) mass is 524 g/mol. The summed E-state index contributed by atoms with van der Waals surface area (Å²) in [6, 6.07) is 19.0. The molecule has 2 aromatic carbocycles. The van der Waals surface area contributed by atoms with Gasteiger partial charge in [-0.25, -0.2) is 22.2 Å². The molecule has 4 rings (SSSR count). The smallest absolute Gasteiger partial charge is 0.357 e. The number of rotatable bonds is 8. The Bertz CT molecular complexity index is 1490. The molecule has 0 saturated carbocycles. The van der Waals surface area contributed by atoms with E-state index in [2.05, 4.69) is 10.4 Å². The molecular formula is C25H24N4O5S2. The normalized spacial score (nSPS) is 11.4. The van der Waals surface area contributed by atoms with E-state index in [1.807, 2.05) is 47.8 Å².